The van der Waals surface area contributed by atoms with Gasteiger partial charge in [0, 0.05) is 68.1 Å². The number of rotatable bonds is 14. The Labute approximate surface area is 328 Å². The van der Waals surface area contributed by atoms with Crippen LogP contribution in [-0.4, -0.2) is 127 Å². The summed E-state index contributed by atoms with van der Waals surface area (Å²) in [5.41, 5.74) is 1.69. The molecular formula is C38H45N5O6S4. The summed E-state index contributed by atoms with van der Waals surface area (Å²) in [5.74, 6) is 2.06. The molecule has 0 N–H and O–H groups in total. The predicted octanol–water partition coefficient (Wildman–Crippen LogP) is 6.80. The number of carbonyl (C=O) groups is 3. The van der Waals surface area contributed by atoms with Crippen molar-refractivity contribution in [1.82, 2.24) is 19.6 Å². The molecule has 3 aromatic rings. The molecular weight excluding hydrogens is 751 g/mol. The van der Waals surface area contributed by atoms with Crippen molar-refractivity contribution >= 4 is 86.0 Å². The van der Waals surface area contributed by atoms with E-state index in [9.17, 15) is 24.5 Å². The number of carbonyl (C=O) groups excluding carboxylic acids is 3. The van der Waals surface area contributed by atoms with Crippen LogP contribution in [0.25, 0.3) is 10.8 Å². The zero-order chi connectivity index (χ0) is 37.6. The number of ether oxygens (including phenoxy) is 1. The Morgan fingerprint density at radius 1 is 0.981 bits per heavy atom. The average Bonchev–Trinajstić information content (AvgIpc) is 3.65. The third-order valence-electron chi connectivity index (χ3n) is 9.95. The van der Waals surface area contributed by atoms with E-state index in [1.165, 1.54) is 22.7 Å². The van der Waals surface area contributed by atoms with E-state index in [2.05, 4.69) is 23.6 Å². The first kappa shape index (κ1) is 39.3. The molecule has 2 saturated heterocycles. The number of aryl methyl sites for hydroxylation is 1. The minimum Gasteiger partial charge on any atom is -0.492 e. The van der Waals surface area contributed by atoms with Crippen molar-refractivity contribution in [3.63, 3.8) is 0 Å². The molecule has 0 radical (unpaired) electrons. The summed E-state index contributed by atoms with van der Waals surface area (Å²) >= 11 is 10.9. The van der Waals surface area contributed by atoms with Gasteiger partial charge in [0.25, 0.3) is 23.4 Å². The van der Waals surface area contributed by atoms with E-state index in [1.807, 2.05) is 59.6 Å². The molecule has 3 heterocycles. The van der Waals surface area contributed by atoms with Gasteiger partial charge in [0.1, 0.15) is 15.6 Å². The van der Waals surface area contributed by atoms with E-state index in [0.29, 0.717) is 54.4 Å². The lowest BCUT2D eigenvalue weighted by Gasteiger charge is -2.37. The molecule has 3 aromatic carbocycles. The Morgan fingerprint density at radius 3 is 2.26 bits per heavy atom. The second-order valence-corrected chi connectivity index (χ2v) is 18.0. The quantitative estimate of drug-likeness (QED) is 0.0427. The molecule has 0 aromatic heterocycles. The summed E-state index contributed by atoms with van der Waals surface area (Å²) < 4.78 is 7.01. The van der Waals surface area contributed by atoms with E-state index in [0.717, 1.165) is 65.6 Å². The molecule has 11 nitrogen and oxygen atoms in total. The van der Waals surface area contributed by atoms with Crippen molar-refractivity contribution in [2.75, 3.05) is 69.7 Å². The number of hydrogen-bond donors (Lipinski definition) is 0. The summed E-state index contributed by atoms with van der Waals surface area (Å²) in [6.45, 7) is 10.8. The van der Waals surface area contributed by atoms with Crippen molar-refractivity contribution in [2.45, 2.75) is 44.2 Å². The van der Waals surface area contributed by atoms with E-state index >= 15 is 0 Å². The molecule has 53 heavy (non-hydrogen) atoms. The Balaban J connectivity index is 0.970. The molecule has 0 saturated carbocycles. The minimum absolute atomic E-state index is 0.0444. The van der Waals surface area contributed by atoms with Crippen LogP contribution >= 0.6 is 47.5 Å². The van der Waals surface area contributed by atoms with Crippen LogP contribution in [0.2, 0.25) is 0 Å². The monoisotopic (exact) mass is 795 g/mol. The SMILES string of the molecule is CCSC(SCC)[C@@H]1CCCN1C(=O)c1cc(C)c(OCCSC(=S)N2CCN(CCN3C(=O)c4cccc5cccc(c45)C3=O)CC2)cc1[N+](=O)[O-]. The summed E-state index contributed by atoms with van der Waals surface area (Å²) in [6.07, 6.45) is 1.79. The Hall–Kier alpha value is -3.37. The number of thioether (sulfide) groups is 3. The number of nitrogens with zero attached hydrogens (tertiary/aromatic N) is 5. The van der Waals surface area contributed by atoms with Crippen LogP contribution in [0.3, 0.4) is 0 Å². The number of imide groups is 1. The van der Waals surface area contributed by atoms with Gasteiger partial charge in [-0.3, -0.25) is 34.3 Å². The first-order valence-electron chi connectivity index (χ1n) is 18.1. The standard InChI is InChI=1S/C38H45N5O6S4/c1-4-51-37(52-5-2)30-13-8-14-41(30)36(46)29-23-25(3)32(24-31(29)43(47)48)49-21-22-53-38(50)40-18-15-39(16-19-40)17-20-42-34(44)27-11-6-9-26-10-7-12-28(33(26)27)35(42)45/h6-7,9-12,23-24,30,37H,4-5,8,13-22H2,1-3H3/t30-/m0/s1. The lowest BCUT2D eigenvalue weighted by atomic mass is 9.94. The summed E-state index contributed by atoms with van der Waals surface area (Å²) in [6, 6.07) is 14.2. The van der Waals surface area contributed by atoms with E-state index in [-0.39, 0.29) is 39.6 Å². The number of nitro groups is 1. The second kappa shape index (κ2) is 17.8. The largest absolute Gasteiger partial charge is 0.492 e. The summed E-state index contributed by atoms with van der Waals surface area (Å²) in [5, 5.41) is 13.8. The maximum Gasteiger partial charge on any atom is 0.285 e. The third kappa shape index (κ3) is 8.64. The van der Waals surface area contributed by atoms with Crippen LogP contribution in [-0.2, 0) is 0 Å². The molecule has 2 fully saturated rings. The van der Waals surface area contributed by atoms with Crippen LogP contribution in [0.1, 0.15) is 63.3 Å². The van der Waals surface area contributed by atoms with Gasteiger partial charge in [0.05, 0.1) is 28.2 Å². The zero-order valence-corrected chi connectivity index (χ0v) is 33.6. The normalized spacial score (nSPS) is 17.7. The Kier molecular flexibility index (Phi) is 13.2. The predicted molar refractivity (Wildman–Crippen MR) is 220 cm³/mol. The number of likely N-dealkylation sites (tertiary alicyclic amines) is 1. The molecule has 1 atom stereocenters. The highest BCUT2D eigenvalue weighted by Gasteiger charge is 2.38. The van der Waals surface area contributed by atoms with Crippen molar-refractivity contribution < 1.29 is 24.0 Å². The number of hydrogen-bond acceptors (Lipinski definition) is 11. The van der Waals surface area contributed by atoms with E-state index in [4.69, 9.17) is 17.0 Å². The van der Waals surface area contributed by atoms with Gasteiger partial charge in [-0.15, -0.1) is 23.5 Å². The van der Waals surface area contributed by atoms with Gasteiger partial charge in [0.15, 0.2) is 0 Å². The molecule has 0 spiro atoms. The molecule has 282 valence electrons. The van der Waals surface area contributed by atoms with Gasteiger partial charge in [0.2, 0.25) is 0 Å². The van der Waals surface area contributed by atoms with Gasteiger partial charge in [-0.2, -0.15) is 0 Å². The van der Waals surface area contributed by atoms with Crippen molar-refractivity contribution in [3.05, 3.63) is 80.9 Å². The van der Waals surface area contributed by atoms with Crippen LogP contribution in [0.5, 0.6) is 5.75 Å². The fraction of sp³-hybridized carbons (Fsp3) is 0.474. The summed E-state index contributed by atoms with van der Waals surface area (Å²) in [7, 11) is 0. The van der Waals surface area contributed by atoms with Crippen LogP contribution in [0, 0.1) is 17.0 Å². The third-order valence-corrected chi connectivity index (χ3v) is 14.2. The average molecular weight is 796 g/mol. The van der Waals surface area contributed by atoms with Gasteiger partial charge >= 0.3 is 0 Å². The van der Waals surface area contributed by atoms with E-state index < -0.39 is 4.92 Å². The lowest BCUT2D eigenvalue weighted by molar-refractivity contribution is -0.385. The van der Waals surface area contributed by atoms with Gasteiger partial charge < -0.3 is 14.5 Å². The molecule has 0 bridgehead atoms. The highest BCUT2D eigenvalue weighted by molar-refractivity contribution is 8.22. The maximum absolute atomic E-state index is 13.8. The van der Waals surface area contributed by atoms with Crippen LogP contribution in [0.15, 0.2) is 48.5 Å². The number of nitro benzene ring substituents is 1. The van der Waals surface area contributed by atoms with Crippen molar-refractivity contribution in [1.29, 1.82) is 0 Å². The summed E-state index contributed by atoms with van der Waals surface area (Å²) in [4.78, 5) is 59.6. The van der Waals surface area contributed by atoms with Crippen molar-refractivity contribution in [2.24, 2.45) is 0 Å². The molecule has 0 unspecified atom stereocenters. The Bertz CT molecular complexity index is 1830. The van der Waals surface area contributed by atoms with Crippen LogP contribution < -0.4 is 4.74 Å². The smallest absolute Gasteiger partial charge is 0.285 e. The number of benzene rings is 3. The van der Waals surface area contributed by atoms with Gasteiger partial charge in [-0.05, 0) is 60.4 Å². The molecule has 3 amide bonds. The van der Waals surface area contributed by atoms with Gasteiger partial charge in [-0.25, -0.2) is 0 Å². The number of thiocarbonyl (C=S) groups is 1. The minimum atomic E-state index is -0.491. The first-order chi connectivity index (χ1) is 25.6. The van der Waals surface area contributed by atoms with E-state index in [1.54, 1.807) is 18.2 Å². The molecule has 15 heteroatoms. The number of piperazine rings is 1. The lowest BCUT2D eigenvalue weighted by Crippen LogP contribution is -2.51. The fourth-order valence-electron chi connectivity index (χ4n) is 7.29. The molecule has 3 aliphatic rings. The zero-order valence-electron chi connectivity index (χ0n) is 30.3. The Morgan fingerprint density at radius 2 is 1.64 bits per heavy atom. The van der Waals surface area contributed by atoms with Crippen molar-refractivity contribution in [3.8, 4) is 5.75 Å². The highest BCUT2D eigenvalue weighted by atomic mass is 32.2. The van der Waals surface area contributed by atoms with Gasteiger partial charge in [-0.1, -0.05) is 62.1 Å². The molecule has 3 aliphatic heterocycles. The maximum atomic E-state index is 13.8. The topological polar surface area (TPSA) is 117 Å². The fourth-order valence-corrected chi connectivity index (χ4v) is 11.3. The molecule has 0 aliphatic carbocycles. The first-order valence-corrected chi connectivity index (χ1v) is 21.6. The van der Waals surface area contributed by atoms with Crippen LogP contribution in [0.4, 0.5) is 5.69 Å². The molecule has 6 rings (SSSR count). The number of amides is 3. The second-order valence-electron chi connectivity index (χ2n) is 13.1. The highest BCUT2D eigenvalue weighted by Crippen LogP contribution is 2.38.